The summed E-state index contributed by atoms with van der Waals surface area (Å²) < 4.78 is 41.4. The van der Waals surface area contributed by atoms with Crippen molar-refractivity contribution in [1.29, 1.82) is 0 Å². The fourth-order valence-corrected chi connectivity index (χ4v) is 4.33. The van der Waals surface area contributed by atoms with E-state index >= 15 is 0 Å². The van der Waals surface area contributed by atoms with Crippen LogP contribution >= 0.6 is 11.6 Å². The third kappa shape index (κ3) is 6.69. The number of amides is 1. The second-order valence-corrected chi connectivity index (χ2v) is 9.29. The van der Waals surface area contributed by atoms with Gasteiger partial charge in [0.05, 0.1) is 5.52 Å². The fraction of sp³-hybridized carbons (Fsp3) is 0.207. The Morgan fingerprint density at radius 2 is 1.66 bits per heavy atom. The molecule has 196 valence electrons. The maximum atomic E-state index is 13.8. The molecule has 5 nitrogen and oxygen atoms in total. The van der Waals surface area contributed by atoms with Crippen molar-refractivity contribution in [2.75, 3.05) is 0 Å². The minimum atomic E-state index is -4.71. The van der Waals surface area contributed by atoms with Gasteiger partial charge in [-0.3, -0.25) is 14.6 Å². The number of hydrogen-bond acceptors (Lipinski definition) is 3. The Balaban J connectivity index is 1.65. The summed E-state index contributed by atoms with van der Waals surface area (Å²) in [5, 5.41) is 11.9. The number of hydrogen-bond donors (Lipinski definition) is 2. The van der Waals surface area contributed by atoms with Crippen LogP contribution in [-0.4, -0.2) is 28.1 Å². The van der Waals surface area contributed by atoms with E-state index < -0.39 is 24.1 Å². The number of carboxylic acid groups (broad SMARTS) is 1. The van der Waals surface area contributed by atoms with Gasteiger partial charge >= 0.3 is 12.1 Å². The summed E-state index contributed by atoms with van der Waals surface area (Å²) in [5.41, 5.74) is 3.02. The van der Waals surface area contributed by atoms with Crippen molar-refractivity contribution in [1.82, 2.24) is 10.3 Å². The van der Waals surface area contributed by atoms with E-state index in [1.165, 1.54) is 36.4 Å². The topological polar surface area (TPSA) is 79.3 Å². The van der Waals surface area contributed by atoms with Crippen molar-refractivity contribution in [3.05, 3.63) is 101 Å². The number of nitrogens with one attached hydrogen (secondary N) is 1. The van der Waals surface area contributed by atoms with E-state index in [1.54, 1.807) is 6.07 Å². The van der Waals surface area contributed by atoms with Crippen LogP contribution in [0.15, 0.2) is 78.9 Å². The molecule has 0 aliphatic rings. The predicted molar refractivity (Wildman–Crippen MR) is 140 cm³/mol. The number of aliphatic carboxylic acids is 1. The fourth-order valence-electron chi connectivity index (χ4n) is 4.21. The zero-order chi connectivity index (χ0) is 27.3. The van der Waals surface area contributed by atoms with Crippen LogP contribution < -0.4 is 5.32 Å². The number of fused-ring (bicyclic) bond motifs is 1. The molecule has 2 N–H and O–H groups in total. The molecule has 0 saturated heterocycles. The van der Waals surface area contributed by atoms with Crippen molar-refractivity contribution in [2.24, 2.45) is 0 Å². The van der Waals surface area contributed by atoms with Crippen LogP contribution in [0.3, 0.4) is 0 Å². The molecule has 1 atom stereocenters. The van der Waals surface area contributed by atoms with Crippen molar-refractivity contribution in [3.63, 3.8) is 0 Å². The van der Waals surface area contributed by atoms with Crippen molar-refractivity contribution < 1.29 is 27.9 Å². The molecule has 0 radical (unpaired) electrons. The van der Waals surface area contributed by atoms with E-state index in [0.717, 1.165) is 16.8 Å². The molecule has 3 aromatic carbocycles. The van der Waals surface area contributed by atoms with Gasteiger partial charge in [-0.1, -0.05) is 54.1 Å². The summed E-state index contributed by atoms with van der Waals surface area (Å²) in [6.07, 6.45) is -2.94. The molecule has 0 saturated carbocycles. The Morgan fingerprint density at radius 3 is 2.32 bits per heavy atom. The van der Waals surface area contributed by atoms with Crippen LogP contribution in [0.1, 0.15) is 46.9 Å². The number of carboxylic acids is 1. The molecule has 4 aromatic rings. The van der Waals surface area contributed by atoms with Crippen LogP contribution in [0, 0.1) is 0 Å². The molecule has 0 aliphatic heterocycles. The average molecular weight is 541 g/mol. The predicted octanol–water partition coefficient (Wildman–Crippen LogP) is 7.39. The number of unbranched alkanes of at least 4 members (excludes halogenated alkanes) is 1. The second kappa shape index (κ2) is 11.6. The van der Waals surface area contributed by atoms with Crippen LogP contribution in [-0.2, 0) is 11.2 Å². The van der Waals surface area contributed by atoms with Crippen molar-refractivity contribution in [2.45, 2.75) is 37.9 Å². The first-order valence-electron chi connectivity index (χ1n) is 12.0. The van der Waals surface area contributed by atoms with Gasteiger partial charge in [-0.15, -0.1) is 0 Å². The summed E-state index contributed by atoms with van der Waals surface area (Å²) in [5.74, 6) is -1.72. The number of pyridine rings is 1. The molecular formula is C29H24ClF3N2O3. The van der Waals surface area contributed by atoms with Gasteiger partial charge in [0.25, 0.3) is 5.91 Å². The van der Waals surface area contributed by atoms with Crippen molar-refractivity contribution >= 4 is 34.4 Å². The molecule has 38 heavy (non-hydrogen) atoms. The van der Waals surface area contributed by atoms with E-state index in [2.05, 4.69) is 5.32 Å². The summed E-state index contributed by atoms with van der Waals surface area (Å²) in [4.78, 5) is 28.5. The first-order chi connectivity index (χ1) is 18.1. The number of halogens is 4. The number of carbonyl (C=O) groups is 2. The molecule has 0 aliphatic carbocycles. The SMILES string of the molecule is O=C(O)CCCCc1nc2ccc(C(=O)N[C@@H](c3ccc(Cl)cc3)C(F)(F)F)cc2cc1-c1ccccc1. The maximum Gasteiger partial charge on any atom is 0.412 e. The summed E-state index contributed by atoms with van der Waals surface area (Å²) in [6.45, 7) is 0. The molecule has 0 bridgehead atoms. The average Bonchev–Trinajstić information content (AvgIpc) is 2.89. The van der Waals surface area contributed by atoms with Gasteiger partial charge in [-0.2, -0.15) is 13.2 Å². The molecule has 1 heterocycles. The standard InChI is InChI=1S/C29H24ClF3N2O3/c30-22-13-10-19(11-14-22)27(29(31,32)33)35-28(38)20-12-15-24-21(16-20)17-23(18-6-2-1-3-7-18)25(34-24)8-4-5-9-26(36)37/h1-3,6-7,10-17,27H,4-5,8-9H2,(H,35,38)(H,36,37)/t27-/m0/s1. The maximum absolute atomic E-state index is 13.8. The molecule has 1 aromatic heterocycles. The molecule has 0 spiro atoms. The molecule has 1 amide bonds. The summed E-state index contributed by atoms with van der Waals surface area (Å²) in [6, 6.07) is 18.8. The first kappa shape index (κ1) is 27.1. The van der Waals surface area contributed by atoms with E-state index in [4.69, 9.17) is 21.7 Å². The summed E-state index contributed by atoms with van der Waals surface area (Å²) >= 11 is 5.81. The molecule has 9 heteroatoms. The molecule has 4 rings (SSSR count). The smallest absolute Gasteiger partial charge is 0.412 e. The molecule has 0 fully saturated rings. The number of alkyl halides is 3. The minimum Gasteiger partial charge on any atom is -0.481 e. The molecular weight excluding hydrogens is 517 g/mol. The highest BCUT2D eigenvalue weighted by molar-refractivity contribution is 6.30. The monoisotopic (exact) mass is 540 g/mol. The van der Waals surface area contributed by atoms with Gasteiger partial charge < -0.3 is 10.4 Å². The number of carbonyl (C=O) groups excluding carboxylic acids is 1. The Kier molecular flexibility index (Phi) is 8.32. The lowest BCUT2D eigenvalue weighted by Gasteiger charge is -2.22. The lowest BCUT2D eigenvalue weighted by molar-refractivity contribution is -0.155. The zero-order valence-electron chi connectivity index (χ0n) is 20.1. The Hall–Kier alpha value is -3.91. The lowest BCUT2D eigenvalue weighted by atomic mass is 9.97. The molecule has 0 unspecified atom stereocenters. The van der Waals surface area contributed by atoms with Crippen LogP contribution in [0.25, 0.3) is 22.0 Å². The van der Waals surface area contributed by atoms with Gasteiger partial charge in [-0.25, -0.2) is 0 Å². The quantitative estimate of drug-likeness (QED) is 0.217. The number of nitrogens with zero attached hydrogens (tertiary/aromatic N) is 1. The van der Waals surface area contributed by atoms with Crippen molar-refractivity contribution in [3.8, 4) is 11.1 Å². The highest BCUT2D eigenvalue weighted by Gasteiger charge is 2.42. The Morgan fingerprint density at radius 1 is 0.947 bits per heavy atom. The second-order valence-electron chi connectivity index (χ2n) is 8.86. The van der Waals surface area contributed by atoms with Crippen LogP contribution in [0.5, 0.6) is 0 Å². The highest BCUT2D eigenvalue weighted by Crippen LogP contribution is 2.34. The number of benzene rings is 3. The highest BCUT2D eigenvalue weighted by atomic mass is 35.5. The number of rotatable bonds is 9. The van der Waals surface area contributed by atoms with Gasteiger partial charge in [0.1, 0.15) is 0 Å². The third-order valence-electron chi connectivity index (χ3n) is 6.10. The number of aromatic nitrogens is 1. The van der Waals surface area contributed by atoms with E-state index in [9.17, 15) is 22.8 Å². The van der Waals surface area contributed by atoms with Crippen LogP contribution in [0.4, 0.5) is 13.2 Å². The van der Waals surface area contributed by atoms with Crippen LogP contribution in [0.2, 0.25) is 5.02 Å². The van der Waals surface area contributed by atoms with E-state index in [0.29, 0.717) is 35.2 Å². The van der Waals surface area contributed by atoms with Gasteiger partial charge in [0, 0.05) is 33.7 Å². The first-order valence-corrected chi connectivity index (χ1v) is 12.3. The lowest BCUT2D eigenvalue weighted by Crippen LogP contribution is -2.38. The Labute approximate surface area is 222 Å². The largest absolute Gasteiger partial charge is 0.481 e. The minimum absolute atomic E-state index is 0.0655. The number of aryl methyl sites for hydroxylation is 1. The Bertz CT molecular complexity index is 1440. The van der Waals surface area contributed by atoms with Gasteiger partial charge in [0.15, 0.2) is 6.04 Å². The normalized spacial score (nSPS) is 12.3. The van der Waals surface area contributed by atoms with Gasteiger partial charge in [0.2, 0.25) is 0 Å². The van der Waals surface area contributed by atoms with Gasteiger partial charge in [-0.05, 0) is 66.8 Å². The summed E-state index contributed by atoms with van der Waals surface area (Å²) in [7, 11) is 0. The third-order valence-corrected chi connectivity index (χ3v) is 6.35. The van der Waals surface area contributed by atoms with E-state index in [1.807, 2.05) is 36.4 Å². The van der Waals surface area contributed by atoms with E-state index in [-0.39, 0.29) is 17.5 Å². The zero-order valence-corrected chi connectivity index (χ0v) is 20.9.